The number of hydrogen-bond donors (Lipinski definition) is 0. The van der Waals surface area contributed by atoms with Crippen molar-refractivity contribution in [2.45, 2.75) is 23.7 Å². The van der Waals surface area contributed by atoms with E-state index in [9.17, 15) is 19.8 Å². The lowest BCUT2D eigenvalue weighted by molar-refractivity contribution is -0.256. The molecule has 4 bridgehead atoms. The number of carboxylic acid groups (broad SMARTS) is 2. The van der Waals surface area contributed by atoms with E-state index in [4.69, 9.17) is 0 Å². The molecule has 0 saturated carbocycles. The standard InChI is InChI=1S/C30H20O4/c31-29(32)15-9-11-21-23(13-15)27-19-7-3-1-5-17(19)25(21)28-20-8-4-2-6-18(20)26(27)22-12-10-16(30(33)34)14-24(22)28/h1-14,25-28H,(H,31,32)(H,33,34)/p-2. The molecule has 0 radical (unpaired) electrons. The molecule has 0 fully saturated rings. The first-order chi connectivity index (χ1) is 16.5. The number of hydrogen-bond acceptors (Lipinski definition) is 4. The van der Waals surface area contributed by atoms with Crippen LogP contribution >= 0.6 is 0 Å². The molecule has 4 atom stereocenters. The van der Waals surface area contributed by atoms with E-state index in [1.54, 1.807) is 24.3 Å². The third-order valence-electron chi connectivity index (χ3n) is 7.98. The lowest BCUT2D eigenvalue weighted by Gasteiger charge is -2.50. The summed E-state index contributed by atoms with van der Waals surface area (Å²) in [6.07, 6.45) is 0. The maximum Gasteiger partial charge on any atom is 0.0715 e. The van der Waals surface area contributed by atoms with Crippen LogP contribution in [0.5, 0.6) is 0 Å². The van der Waals surface area contributed by atoms with Gasteiger partial charge in [0, 0.05) is 23.7 Å². The van der Waals surface area contributed by atoms with Gasteiger partial charge in [0.2, 0.25) is 0 Å². The molecule has 10 rings (SSSR count). The topological polar surface area (TPSA) is 80.3 Å². The van der Waals surface area contributed by atoms with Crippen LogP contribution in [0, 0.1) is 0 Å². The lowest BCUT2D eigenvalue weighted by atomic mass is 9.53. The summed E-state index contributed by atoms with van der Waals surface area (Å²) in [6.45, 7) is 0. The highest BCUT2D eigenvalue weighted by atomic mass is 16.4. The molecule has 6 aliphatic carbocycles. The molecule has 0 heterocycles. The first-order valence-electron chi connectivity index (χ1n) is 11.4. The van der Waals surface area contributed by atoms with Crippen LogP contribution in [0.25, 0.3) is 0 Å². The van der Waals surface area contributed by atoms with Crippen LogP contribution in [0.4, 0.5) is 0 Å². The monoisotopic (exact) mass is 442 g/mol. The Hall–Kier alpha value is -4.18. The fraction of sp³-hybridized carbons (Fsp3) is 0.133. The highest BCUT2D eigenvalue weighted by Crippen LogP contribution is 2.63. The van der Waals surface area contributed by atoms with Crippen LogP contribution in [-0.4, -0.2) is 11.9 Å². The minimum Gasteiger partial charge on any atom is -0.545 e. The summed E-state index contributed by atoms with van der Waals surface area (Å²) in [6, 6.07) is 27.5. The van der Waals surface area contributed by atoms with Crippen molar-refractivity contribution in [1.82, 2.24) is 0 Å². The van der Waals surface area contributed by atoms with Gasteiger partial charge >= 0.3 is 0 Å². The van der Waals surface area contributed by atoms with Crippen LogP contribution in [0.2, 0.25) is 0 Å². The van der Waals surface area contributed by atoms with E-state index in [2.05, 4.69) is 24.3 Å². The van der Waals surface area contributed by atoms with Crippen molar-refractivity contribution < 1.29 is 19.8 Å². The van der Waals surface area contributed by atoms with Gasteiger partial charge in [0.05, 0.1) is 11.9 Å². The second-order valence-corrected chi connectivity index (χ2v) is 9.43. The highest BCUT2D eigenvalue weighted by molar-refractivity contribution is 5.88. The predicted molar refractivity (Wildman–Crippen MR) is 122 cm³/mol. The molecule has 0 aliphatic heterocycles. The van der Waals surface area contributed by atoms with Crippen molar-refractivity contribution in [3.05, 3.63) is 141 Å². The molecule has 4 unspecified atom stereocenters. The zero-order chi connectivity index (χ0) is 23.1. The third kappa shape index (κ3) is 2.37. The van der Waals surface area contributed by atoms with Crippen molar-refractivity contribution in [2.75, 3.05) is 0 Å². The van der Waals surface area contributed by atoms with Gasteiger partial charge in [-0.1, -0.05) is 72.8 Å². The van der Waals surface area contributed by atoms with Gasteiger partial charge in [-0.15, -0.1) is 0 Å². The molecule has 4 aromatic rings. The number of rotatable bonds is 2. The smallest absolute Gasteiger partial charge is 0.0715 e. The summed E-state index contributed by atoms with van der Waals surface area (Å²) < 4.78 is 0. The average molecular weight is 442 g/mol. The summed E-state index contributed by atoms with van der Waals surface area (Å²) in [5, 5.41) is 23.6. The van der Waals surface area contributed by atoms with E-state index in [0.29, 0.717) is 0 Å². The molecule has 34 heavy (non-hydrogen) atoms. The normalized spacial score (nSPS) is 22.6. The summed E-state index contributed by atoms with van der Waals surface area (Å²) >= 11 is 0. The number of carbonyl (C=O) groups is 2. The fourth-order valence-corrected chi connectivity index (χ4v) is 6.77. The molecule has 4 nitrogen and oxygen atoms in total. The lowest BCUT2D eigenvalue weighted by Crippen LogP contribution is -2.36. The highest BCUT2D eigenvalue weighted by Gasteiger charge is 2.49. The summed E-state index contributed by atoms with van der Waals surface area (Å²) in [5.74, 6) is -2.71. The Morgan fingerprint density at radius 1 is 0.441 bits per heavy atom. The van der Waals surface area contributed by atoms with Crippen LogP contribution in [0.3, 0.4) is 0 Å². The van der Waals surface area contributed by atoms with Gasteiger partial charge in [-0.2, -0.15) is 0 Å². The Morgan fingerprint density at radius 2 is 0.735 bits per heavy atom. The van der Waals surface area contributed by atoms with Crippen LogP contribution in [0.15, 0.2) is 84.9 Å². The van der Waals surface area contributed by atoms with E-state index < -0.39 is 11.9 Å². The molecule has 4 aromatic carbocycles. The van der Waals surface area contributed by atoms with Gasteiger partial charge < -0.3 is 19.8 Å². The number of benzene rings is 4. The molecule has 0 amide bonds. The molecule has 0 aromatic heterocycles. The zero-order valence-electron chi connectivity index (χ0n) is 18.0. The van der Waals surface area contributed by atoms with Crippen molar-refractivity contribution in [2.24, 2.45) is 0 Å². The van der Waals surface area contributed by atoms with E-state index in [1.165, 1.54) is 22.3 Å². The molecule has 0 N–H and O–H groups in total. The Bertz CT molecular complexity index is 1430. The second kappa shape index (κ2) is 6.67. The van der Waals surface area contributed by atoms with Gasteiger partial charge in [0.1, 0.15) is 0 Å². The molecular weight excluding hydrogens is 424 g/mol. The van der Waals surface area contributed by atoms with Gasteiger partial charge in [-0.3, -0.25) is 0 Å². The molecule has 4 heteroatoms. The number of aromatic carboxylic acids is 2. The third-order valence-corrected chi connectivity index (χ3v) is 7.98. The van der Waals surface area contributed by atoms with Crippen molar-refractivity contribution >= 4 is 11.9 Å². The van der Waals surface area contributed by atoms with Gasteiger partial charge in [-0.05, 0) is 67.8 Å². The molecule has 6 aliphatic rings. The van der Waals surface area contributed by atoms with Crippen molar-refractivity contribution in [3.8, 4) is 0 Å². The summed E-state index contributed by atoms with van der Waals surface area (Å²) in [5.41, 5.74) is 9.44. The Morgan fingerprint density at radius 3 is 1.06 bits per heavy atom. The minimum absolute atomic E-state index is 0.0728. The number of carboxylic acids is 2. The predicted octanol–water partition coefficient (Wildman–Crippen LogP) is 3.28. The average Bonchev–Trinajstić information content (AvgIpc) is 2.84. The number of carbonyl (C=O) groups excluding carboxylic acids is 2. The van der Waals surface area contributed by atoms with Crippen LogP contribution in [0.1, 0.15) is 88.9 Å². The van der Waals surface area contributed by atoms with Gasteiger partial charge in [-0.25, -0.2) is 0 Å². The van der Waals surface area contributed by atoms with Crippen LogP contribution in [-0.2, 0) is 0 Å². The van der Waals surface area contributed by atoms with Gasteiger partial charge in [0.25, 0.3) is 0 Å². The molecule has 0 spiro atoms. The summed E-state index contributed by atoms with van der Waals surface area (Å²) in [4.78, 5) is 23.6. The molecule has 164 valence electrons. The minimum atomic E-state index is -1.18. The Kier molecular flexibility index (Phi) is 3.79. The summed E-state index contributed by atoms with van der Waals surface area (Å²) in [7, 11) is 0. The second-order valence-electron chi connectivity index (χ2n) is 9.43. The Labute approximate surface area is 196 Å². The van der Waals surface area contributed by atoms with E-state index >= 15 is 0 Å². The maximum atomic E-state index is 11.8. The first-order valence-corrected chi connectivity index (χ1v) is 11.4. The van der Waals surface area contributed by atoms with Gasteiger partial charge in [0.15, 0.2) is 0 Å². The van der Waals surface area contributed by atoms with Crippen molar-refractivity contribution in [3.63, 3.8) is 0 Å². The van der Waals surface area contributed by atoms with E-state index in [0.717, 1.165) is 22.3 Å². The maximum absolute atomic E-state index is 11.8. The van der Waals surface area contributed by atoms with Crippen LogP contribution < -0.4 is 10.2 Å². The van der Waals surface area contributed by atoms with E-state index in [1.807, 2.05) is 36.4 Å². The Balaban J connectivity index is 1.63. The van der Waals surface area contributed by atoms with E-state index in [-0.39, 0.29) is 34.8 Å². The first kappa shape index (κ1) is 19.3. The molecular formula is C30H18O4-2. The fourth-order valence-electron chi connectivity index (χ4n) is 6.77. The quantitative estimate of drug-likeness (QED) is 0.477. The van der Waals surface area contributed by atoms with Crippen molar-refractivity contribution in [1.29, 1.82) is 0 Å². The largest absolute Gasteiger partial charge is 0.545 e. The SMILES string of the molecule is O=C([O-])c1ccc2c(c1)C1c3ccccc3C2C2c3ccccc3C1c1ccc(C(=O)[O-])cc12. The zero-order valence-corrected chi connectivity index (χ0v) is 18.0. The molecule has 0 saturated heterocycles.